The lowest BCUT2D eigenvalue weighted by Gasteiger charge is -1.88. The highest BCUT2D eigenvalue weighted by atomic mass is 127. The summed E-state index contributed by atoms with van der Waals surface area (Å²) < 4.78 is 3.08. The van der Waals surface area contributed by atoms with Crippen LogP contribution >= 0.6 is 34.2 Å². The summed E-state index contributed by atoms with van der Waals surface area (Å²) in [6.45, 7) is 3.11. The third kappa shape index (κ3) is 2.23. The molecule has 0 unspecified atom stereocenters. The van der Waals surface area contributed by atoms with Crippen molar-refractivity contribution in [2.75, 3.05) is 0 Å². The van der Waals surface area contributed by atoms with E-state index in [4.69, 9.17) is 0 Å². The largest absolute Gasteiger partial charge is 0.256 e. The molecule has 0 radical (unpaired) electrons. The zero-order valence-corrected chi connectivity index (χ0v) is 8.12. The fraction of sp³-hybridized carbons (Fsp3) is 0.333. The Morgan fingerprint density at radius 3 is 2.89 bits per heavy atom. The Kier molecular flexibility index (Phi) is 2.94. The molecule has 9 heavy (non-hydrogen) atoms. The van der Waals surface area contributed by atoms with Gasteiger partial charge in [0.15, 0.2) is 0 Å². The van der Waals surface area contributed by atoms with Crippen LogP contribution in [-0.2, 0) is 6.54 Å². The lowest BCUT2D eigenvalue weighted by Crippen LogP contribution is -1.92. The summed E-state index contributed by atoms with van der Waals surface area (Å²) in [5.41, 5.74) is 0. The minimum atomic E-state index is 0.985. The molecule has 1 nitrogen and oxygen atoms in total. The monoisotopic (exact) mass is 253 g/mol. The Balaban J connectivity index is 2.61. The second kappa shape index (κ2) is 3.53. The highest BCUT2D eigenvalue weighted by Crippen LogP contribution is 2.14. The van der Waals surface area contributed by atoms with Crippen LogP contribution in [0.2, 0.25) is 0 Å². The van der Waals surface area contributed by atoms with Gasteiger partial charge in [0.2, 0.25) is 0 Å². The molecular formula is C6H8INS. The molecule has 0 saturated carbocycles. The Morgan fingerprint density at radius 2 is 2.44 bits per heavy atom. The Hall–Kier alpha value is 0.390. The van der Waals surface area contributed by atoms with E-state index in [-0.39, 0.29) is 0 Å². The van der Waals surface area contributed by atoms with E-state index in [1.807, 2.05) is 11.3 Å². The van der Waals surface area contributed by atoms with Crippen molar-refractivity contribution >= 4 is 34.2 Å². The maximum absolute atomic E-state index is 3.08. The van der Waals surface area contributed by atoms with Crippen LogP contribution in [0.5, 0.6) is 0 Å². The fourth-order valence-corrected chi connectivity index (χ4v) is 2.15. The number of hydrogen-bond acceptors (Lipinski definition) is 2. The molecule has 1 N–H and O–H groups in total. The quantitative estimate of drug-likeness (QED) is 0.630. The van der Waals surface area contributed by atoms with Gasteiger partial charge in [0.1, 0.15) is 0 Å². The predicted octanol–water partition coefficient (Wildman–Crippen LogP) is 2.50. The molecule has 0 spiro atoms. The zero-order chi connectivity index (χ0) is 6.69. The summed E-state index contributed by atoms with van der Waals surface area (Å²) in [5.74, 6) is 0. The Morgan fingerprint density at radius 1 is 1.67 bits per heavy atom. The molecule has 0 fully saturated rings. The summed E-state index contributed by atoms with van der Waals surface area (Å²) in [7, 11) is 0. The van der Waals surface area contributed by atoms with Gasteiger partial charge in [0.05, 0.1) is 0 Å². The highest BCUT2D eigenvalue weighted by Gasteiger charge is 1.92. The molecule has 0 aliphatic heterocycles. The van der Waals surface area contributed by atoms with Crippen LogP contribution in [0.4, 0.5) is 0 Å². The number of halogens is 1. The summed E-state index contributed by atoms with van der Waals surface area (Å²) >= 11 is 4.00. The molecule has 0 aliphatic carbocycles. The first-order chi connectivity index (χ1) is 4.33. The molecule has 1 heterocycles. The molecular weight excluding hydrogens is 245 g/mol. The van der Waals surface area contributed by atoms with E-state index < -0.39 is 0 Å². The highest BCUT2D eigenvalue weighted by molar-refractivity contribution is 14.1. The molecule has 1 rings (SSSR count). The van der Waals surface area contributed by atoms with Gasteiger partial charge in [-0.2, -0.15) is 0 Å². The van der Waals surface area contributed by atoms with Crippen LogP contribution in [0.15, 0.2) is 12.1 Å². The van der Waals surface area contributed by atoms with Gasteiger partial charge in [-0.05, 0) is 19.1 Å². The maximum atomic E-state index is 3.08. The number of nitrogens with one attached hydrogen (secondary N) is 1. The average Bonchev–Trinajstić information content (AvgIpc) is 2.17. The van der Waals surface area contributed by atoms with Gasteiger partial charge in [-0.3, -0.25) is 3.53 Å². The van der Waals surface area contributed by atoms with Crippen LogP contribution in [0, 0.1) is 6.92 Å². The number of aryl methyl sites for hydroxylation is 1. The molecule has 1 aromatic rings. The maximum Gasteiger partial charge on any atom is 0.0395 e. The standard InChI is InChI=1S/C6H8INS/c1-5-2-3-6(9-5)4-8-7/h2-3,8H,4H2,1H3. The second-order valence-corrected chi connectivity index (χ2v) is 3.96. The van der Waals surface area contributed by atoms with Gasteiger partial charge in [-0.15, -0.1) is 11.3 Å². The number of hydrogen-bond donors (Lipinski definition) is 1. The molecule has 0 bridgehead atoms. The lowest BCUT2D eigenvalue weighted by atomic mass is 10.4. The van der Waals surface area contributed by atoms with Crippen LogP contribution in [0.25, 0.3) is 0 Å². The average molecular weight is 253 g/mol. The number of rotatable bonds is 2. The van der Waals surface area contributed by atoms with E-state index in [1.165, 1.54) is 9.75 Å². The van der Waals surface area contributed by atoms with Gasteiger partial charge in [-0.1, -0.05) is 0 Å². The van der Waals surface area contributed by atoms with Crippen LogP contribution < -0.4 is 3.53 Å². The Labute approximate surface area is 73.0 Å². The first kappa shape index (κ1) is 7.50. The lowest BCUT2D eigenvalue weighted by molar-refractivity contribution is 1.04. The molecule has 0 aliphatic rings. The molecule has 0 atom stereocenters. The van der Waals surface area contributed by atoms with Crippen molar-refractivity contribution in [2.24, 2.45) is 0 Å². The molecule has 0 aromatic carbocycles. The van der Waals surface area contributed by atoms with E-state index in [1.54, 1.807) is 0 Å². The van der Waals surface area contributed by atoms with Crippen molar-refractivity contribution in [2.45, 2.75) is 13.5 Å². The van der Waals surface area contributed by atoms with Gasteiger partial charge in [0.25, 0.3) is 0 Å². The van der Waals surface area contributed by atoms with Crippen molar-refractivity contribution < 1.29 is 0 Å². The topological polar surface area (TPSA) is 12.0 Å². The van der Waals surface area contributed by atoms with Crippen LogP contribution in [0.3, 0.4) is 0 Å². The third-order valence-electron chi connectivity index (χ3n) is 1.04. The van der Waals surface area contributed by atoms with Crippen molar-refractivity contribution in [3.05, 3.63) is 21.9 Å². The van der Waals surface area contributed by atoms with E-state index in [0.717, 1.165) is 6.54 Å². The predicted molar refractivity (Wildman–Crippen MR) is 49.9 cm³/mol. The fourth-order valence-electron chi connectivity index (χ4n) is 0.646. The molecule has 0 amide bonds. The van der Waals surface area contributed by atoms with Crippen LogP contribution in [-0.4, -0.2) is 0 Å². The summed E-state index contributed by atoms with van der Waals surface area (Å²) in [6, 6.07) is 4.31. The van der Waals surface area contributed by atoms with E-state index in [9.17, 15) is 0 Å². The SMILES string of the molecule is Cc1ccc(CNI)s1. The van der Waals surface area contributed by atoms with Crippen LogP contribution in [0.1, 0.15) is 9.75 Å². The first-order valence-corrected chi connectivity index (χ1v) is 4.61. The number of thiophene rings is 1. The first-order valence-electron chi connectivity index (χ1n) is 2.72. The van der Waals surface area contributed by atoms with Crippen molar-refractivity contribution in [1.29, 1.82) is 0 Å². The zero-order valence-electron chi connectivity index (χ0n) is 5.15. The minimum Gasteiger partial charge on any atom is -0.256 e. The normalized spacial score (nSPS) is 10.0. The van der Waals surface area contributed by atoms with Gasteiger partial charge < -0.3 is 0 Å². The van der Waals surface area contributed by atoms with E-state index in [0.29, 0.717) is 0 Å². The molecule has 3 heteroatoms. The van der Waals surface area contributed by atoms with Gasteiger partial charge >= 0.3 is 0 Å². The van der Waals surface area contributed by atoms with Gasteiger partial charge in [-0.25, -0.2) is 0 Å². The van der Waals surface area contributed by atoms with Crippen molar-refractivity contribution in [3.63, 3.8) is 0 Å². The summed E-state index contributed by atoms with van der Waals surface area (Å²) in [4.78, 5) is 2.79. The molecule has 0 saturated heterocycles. The molecule has 1 aromatic heterocycles. The molecule has 50 valence electrons. The van der Waals surface area contributed by atoms with Crippen molar-refractivity contribution in [1.82, 2.24) is 3.53 Å². The summed E-state index contributed by atoms with van der Waals surface area (Å²) in [6.07, 6.45) is 0. The smallest absolute Gasteiger partial charge is 0.0395 e. The Bertz CT molecular complexity index is 185. The second-order valence-electron chi connectivity index (χ2n) is 1.82. The van der Waals surface area contributed by atoms with Crippen molar-refractivity contribution in [3.8, 4) is 0 Å². The van der Waals surface area contributed by atoms with E-state index >= 15 is 0 Å². The van der Waals surface area contributed by atoms with Gasteiger partial charge in [0, 0.05) is 39.2 Å². The third-order valence-corrected chi connectivity index (χ3v) is 2.42. The minimum absolute atomic E-state index is 0.985. The van der Waals surface area contributed by atoms with E-state index in [2.05, 4.69) is 45.5 Å². The summed E-state index contributed by atoms with van der Waals surface area (Å²) in [5, 5.41) is 0.